The summed E-state index contributed by atoms with van der Waals surface area (Å²) < 4.78 is 4.31. The summed E-state index contributed by atoms with van der Waals surface area (Å²) in [5.74, 6) is 0.537. The first-order chi connectivity index (χ1) is 15.7. The van der Waals surface area contributed by atoms with Gasteiger partial charge < -0.3 is 14.6 Å². The maximum Gasteiger partial charge on any atom is 0.332 e. The van der Waals surface area contributed by atoms with Gasteiger partial charge in [-0.15, -0.1) is 0 Å². The summed E-state index contributed by atoms with van der Waals surface area (Å²) in [5, 5.41) is 11.2. The minimum Gasteiger partial charge on any atom is -0.389 e. The fourth-order valence-electron chi connectivity index (χ4n) is 4.33. The molecule has 1 unspecified atom stereocenters. The molecule has 3 heterocycles. The molecular formula is C24H24ClN5O3. The van der Waals surface area contributed by atoms with Crippen LogP contribution in [-0.2, 0) is 20.1 Å². The number of hydrogen-bond acceptors (Lipinski definition) is 5. The summed E-state index contributed by atoms with van der Waals surface area (Å²) >= 11 is 5.97. The zero-order valence-corrected chi connectivity index (χ0v) is 19.4. The molecule has 0 bridgehead atoms. The monoisotopic (exact) mass is 465 g/mol. The average Bonchev–Trinajstić information content (AvgIpc) is 3.17. The van der Waals surface area contributed by atoms with Crippen LogP contribution in [0, 0.1) is 13.8 Å². The Balaban J connectivity index is 1.71. The number of anilines is 2. The van der Waals surface area contributed by atoms with E-state index >= 15 is 0 Å². The van der Waals surface area contributed by atoms with E-state index in [1.807, 2.05) is 36.9 Å². The van der Waals surface area contributed by atoms with Crippen molar-refractivity contribution in [1.29, 1.82) is 0 Å². The fraction of sp³-hybridized carbons (Fsp3) is 0.292. The molecule has 1 aliphatic heterocycles. The van der Waals surface area contributed by atoms with Crippen molar-refractivity contribution in [2.75, 3.05) is 11.4 Å². The standard InChI is InChI=1S/C24H24ClN5O3/c1-14-4-9-18(10-15(14)2)28-12-19(31)13-29-20-21(26-23(28)29)27(3)24(33)30(22(20)32)11-16-5-7-17(25)8-6-16/h4-10,19,31H,11-13H2,1-3H3. The van der Waals surface area contributed by atoms with Gasteiger partial charge in [-0.05, 0) is 54.8 Å². The molecule has 4 aromatic rings. The van der Waals surface area contributed by atoms with Gasteiger partial charge in [0, 0.05) is 17.8 Å². The minimum atomic E-state index is -0.696. The van der Waals surface area contributed by atoms with Crippen molar-refractivity contribution >= 4 is 34.4 Å². The van der Waals surface area contributed by atoms with Crippen molar-refractivity contribution in [2.45, 2.75) is 33.0 Å². The quantitative estimate of drug-likeness (QED) is 0.503. The van der Waals surface area contributed by atoms with Crippen LogP contribution in [0.3, 0.4) is 0 Å². The van der Waals surface area contributed by atoms with E-state index in [0.29, 0.717) is 28.7 Å². The average molecular weight is 466 g/mol. The highest BCUT2D eigenvalue weighted by Gasteiger charge is 2.30. The first-order valence-corrected chi connectivity index (χ1v) is 11.1. The number of hydrogen-bond donors (Lipinski definition) is 1. The number of aryl methyl sites for hydroxylation is 3. The maximum absolute atomic E-state index is 13.5. The molecule has 0 spiro atoms. The Morgan fingerprint density at radius 2 is 1.79 bits per heavy atom. The van der Waals surface area contributed by atoms with Gasteiger partial charge in [0.25, 0.3) is 5.56 Å². The number of aliphatic hydroxyl groups excluding tert-OH is 1. The molecule has 0 saturated heterocycles. The van der Waals surface area contributed by atoms with Gasteiger partial charge in [0.15, 0.2) is 11.2 Å². The van der Waals surface area contributed by atoms with E-state index in [2.05, 4.69) is 4.98 Å². The summed E-state index contributed by atoms with van der Waals surface area (Å²) in [5.41, 5.74) is 3.66. The van der Waals surface area contributed by atoms with Gasteiger partial charge >= 0.3 is 5.69 Å². The summed E-state index contributed by atoms with van der Waals surface area (Å²) in [4.78, 5) is 33.2. The second-order valence-electron chi connectivity index (χ2n) is 8.59. The second kappa shape index (κ2) is 7.90. The summed E-state index contributed by atoms with van der Waals surface area (Å²) in [6.07, 6.45) is -0.696. The number of halogens is 1. The predicted molar refractivity (Wildman–Crippen MR) is 129 cm³/mol. The number of β-amino-alcohol motifs (C(OH)–C–C–N with tert-alkyl or cyclic N) is 1. The zero-order valence-electron chi connectivity index (χ0n) is 18.6. The Bertz CT molecular complexity index is 1500. The molecule has 170 valence electrons. The van der Waals surface area contributed by atoms with E-state index in [0.717, 1.165) is 22.4 Å². The van der Waals surface area contributed by atoms with Crippen molar-refractivity contribution in [2.24, 2.45) is 7.05 Å². The molecule has 0 fully saturated rings. The van der Waals surface area contributed by atoms with Crippen LogP contribution in [0.15, 0.2) is 52.1 Å². The highest BCUT2D eigenvalue weighted by molar-refractivity contribution is 6.30. The van der Waals surface area contributed by atoms with Crippen LogP contribution in [0.1, 0.15) is 16.7 Å². The second-order valence-corrected chi connectivity index (χ2v) is 9.02. The Labute approximate surface area is 194 Å². The number of nitrogens with zero attached hydrogens (tertiary/aromatic N) is 5. The third-order valence-corrected chi connectivity index (χ3v) is 6.55. The molecule has 2 aromatic heterocycles. The molecule has 8 nitrogen and oxygen atoms in total. The third kappa shape index (κ3) is 3.55. The first-order valence-electron chi connectivity index (χ1n) is 10.7. The lowest BCUT2D eigenvalue weighted by Gasteiger charge is -2.32. The molecule has 2 aromatic carbocycles. The lowest BCUT2D eigenvalue weighted by Crippen LogP contribution is -2.41. The molecule has 9 heteroatoms. The van der Waals surface area contributed by atoms with Gasteiger partial charge in [0.2, 0.25) is 5.95 Å². The maximum atomic E-state index is 13.5. The zero-order chi connectivity index (χ0) is 23.4. The van der Waals surface area contributed by atoms with Gasteiger partial charge in [0.1, 0.15) is 0 Å². The van der Waals surface area contributed by atoms with E-state index < -0.39 is 17.4 Å². The summed E-state index contributed by atoms with van der Waals surface area (Å²) in [6.45, 7) is 4.75. The summed E-state index contributed by atoms with van der Waals surface area (Å²) in [7, 11) is 1.61. The largest absolute Gasteiger partial charge is 0.389 e. The fourth-order valence-corrected chi connectivity index (χ4v) is 4.45. The molecule has 0 saturated carbocycles. The minimum absolute atomic E-state index is 0.114. The number of imidazole rings is 1. The van der Waals surface area contributed by atoms with Gasteiger partial charge in [-0.25, -0.2) is 4.79 Å². The van der Waals surface area contributed by atoms with E-state index in [1.54, 1.807) is 35.9 Å². The highest BCUT2D eigenvalue weighted by atomic mass is 35.5. The number of fused-ring (bicyclic) bond motifs is 3. The van der Waals surface area contributed by atoms with Crippen molar-refractivity contribution in [3.63, 3.8) is 0 Å². The molecule has 0 aliphatic carbocycles. The SMILES string of the molecule is Cc1ccc(N2CC(O)Cn3c2nc2c3c(=O)n(Cc3ccc(Cl)cc3)c(=O)n2C)cc1C. The predicted octanol–water partition coefficient (Wildman–Crippen LogP) is 2.73. The van der Waals surface area contributed by atoms with Crippen LogP contribution in [0.4, 0.5) is 11.6 Å². The highest BCUT2D eigenvalue weighted by Crippen LogP contribution is 2.32. The smallest absolute Gasteiger partial charge is 0.332 e. The molecule has 0 amide bonds. The van der Waals surface area contributed by atoms with Crippen LogP contribution in [0.2, 0.25) is 5.02 Å². The number of aliphatic hydroxyl groups is 1. The lowest BCUT2D eigenvalue weighted by atomic mass is 10.1. The van der Waals surface area contributed by atoms with Gasteiger partial charge in [-0.1, -0.05) is 29.8 Å². The normalized spacial score (nSPS) is 15.8. The number of benzene rings is 2. The van der Waals surface area contributed by atoms with Crippen molar-refractivity contribution in [3.8, 4) is 0 Å². The molecule has 1 atom stereocenters. The Morgan fingerprint density at radius 1 is 1.06 bits per heavy atom. The first kappa shape index (κ1) is 21.5. The van der Waals surface area contributed by atoms with Crippen LogP contribution in [-0.4, -0.2) is 36.4 Å². The van der Waals surface area contributed by atoms with E-state index in [9.17, 15) is 14.7 Å². The molecule has 1 N–H and O–H groups in total. The molecule has 33 heavy (non-hydrogen) atoms. The van der Waals surface area contributed by atoms with E-state index in [-0.39, 0.29) is 13.1 Å². The van der Waals surface area contributed by atoms with Crippen LogP contribution < -0.4 is 16.1 Å². The Hall–Kier alpha value is -3.36. The molecular weight excluding hydrogens is 442 g/mol. The van der Waals surface area contributed by atoms with Gasteiger partial charge in [-0.2, -0.15) is 4.98 Å². The van der Waals surface area contributed by atoms with Crippen molar-refractivity contribution in [3.05, 3.63) is 85.0 Å². The van der Waals surface area contributed by atoms with Crippen LogP contribution >= 0.6 is 11.6 Å². The Morgan fingerprint density at radius 3 is 2.48 bits per heavy atom. The molecule has 1 aliphatic rings. The molecule has 5 rings (SSSR count). The van der Waals surface area contributed by atoms with Crippen molar-refractivity contribution < 1.29 is 5.11 Å². The van der Waals surface area contributed by atoms with E-state index in [4.69, 9.17) is 11.6 Å². The number of rotatable bonds is 3. The van der Waals surface area contributed by atoms with Crippen LogP contribution in [0.5, 0.6) is 0 Å². The van der Waals surface area contributed by atoms with E-state index in [1.165, 1.54) is 9.13 Å². The van der Waals surface area contributed by atoms with Gasteiger partial charge in [-0.3, -0.25) is 13.9 Å². The molecule has 0 radical (unpaired) electrons. The van der Waals surface area contributed by atoms with Crippen molar-refractivity contribution in [1.82, 2.24) is 18.7 Å². The van der Waals surface area contributed by atoms with Crippen LogP contribution in [0.25, 0.3) is 11.2 Å². The third-order valence-electron chi connectivity index (χ3n) is 6.30. The number of aromatic nitrogens is 4. The lowest BCUT2D eigenvalue weighted by molar-refractivity contribution is 0.154. The topological polar surface area (TPSA) is 85.3 Å². The summed E-state index contributed by atoms with van der Waals surface area (Å²) in [6, 6.07) is 13.1. The van der Waals surface area contributed by atoms with Gasteiger partial charge in [0.05, 0.1) is 25.7 Å². The Kier molecular flexibility index (Phi) is 5.14.